The monoisotopic (exact) mass is 238 g/mol. The Labute approximate surface area is 97.0 Å². The average Bonchev–Trinajstić information content (AvgIpc) is 2.65. The fraction of sp³-hybridized carbons (Fsp3) is 0.300. The molecule has 5 nitrogen and oxygen atoms in total. The molecular weight excluding hydrogens is 228 g/mol. The topological polar surface area (TPSA) is 52.7 Å². The Hall–Kier alpha value is -1.62. The van der Waals surface area contributed by atoms with Crippen LogP contribution >= 0.6 is 11.6 Å². The summed E-state index contributed by atoms with van der Waals surface area (Å²) in [5, 5.41) is 4.53. The van der Waals surface area contributed by atoms with Gasteiger partial charge < -0.3 is 0 Å². The number of aromatic nitrogens is 4. The minimum absolute atomic E-state index is 0.0858. The Balaban J connectivity index is 2.45. The molecule has 0 N–H and O–H groups in total. The molecular formula is C10H11ClN4O. The van der Waals surface area contributed by atoms with E-state index in [4.69, 9.17) is 11.6 Å². The van der Waals surface area contributed by atoms with Crippen LogP contribution in [0.15, 0.2) is 29.5 Å². The van der Waals surface area contributed by atoms with E-state index in [0.717, 1.165) is 0 Å². The Kier molecular flexibility index (Phi) is 3.05. The van der Waals surface area contributed by atoms with Gasteiger partial charge in [-0.05, 0) is 0 Å². The van der Waals surface area contributed by atoms with E-state index in [1.807, 2.05) is 6.08 Å². The summed E-state index contributed by atoms with van der Waals surface area (Å²) in [7, 11) is 1.76. The second-order valence-electron chi connectivity index (χ2n) is 3.33. The highest BCUT2D eigenvalue weighted by molar-refractivity contribution is 6.18. The van der Waals surface area contributed by atoms with E-state index in [2.05, 4.69) is 10.1 Å². The normalized spacial score (nSPS) is 11.6. The van der Waals surface area contributed by atoms with Crippen LogP contribution in [0.4, 0.5) is 0 Å². The minimum atomic E-state index is -0.0858. The first-order chi connectivity index (χ1) is 7.74. The van der Waals surface area contributed by atoms with E-state index in [1.54, 1.807) is 17.8 Å². The van der Waals surface area contributed by atoms with Crippen molar-refractivity contribution in [1.82, 2.24) is 19.3 Å². The van der Waals surface area contributed by atoms with Crippen LogP contribution in [-0.4, -0.2) is 25.2 Å². The molecule has 2 aromatic rings. The molecule has 0 amide bonds. The lowest BCUT2D eigenvalue weighted by molar-refractivity contribution is 0.750. The van der Waals surface area contributed by atoms with E-state index >= 15 is 0 Å². The lowest BCUT2D eigenvalue weighted by atomic mass is 10.4. The number of aryl methyl sites for hydroxylation is 1. The summed E-state index contributed by atoms with van der Waals surface area (Å²) in [6.07, 6.45) is 6.68. The third kappa shape index (κ3) is 1.86. The zero-order chi connectivity index (χ0) is 11.5. The van der Waals surface area contributed by atoms with E-state index in [1.165, 1.54) is 17.1 Å². The van der Waals surface area contributed by atoms with Gasteiger partial charge in [0.05, 0.1) is 6.20 Å². The van der Waals surface area contributed by atoms with E-state index in [9.17, 15) is 4.79 Å². The Bertz CT molecular complexity index is 584. The first-order valence-corrected chi connectivity index (χ1v) is 5.35. The van der Waals surface area contributed by atoms with Crippen LogP contribution in [0.5, 0.6) is 0 Å². The van der Waals surface area contributed by atoms with Gasteiger partial charge in [-0.2, -0.15) is 5.10 Å². The largest absolute Gasteiger partial charge is 0.295 e. The van der Waals surface area contributed by atoms with Crippen LogP contribution in [0, 0.1) is 0 Å². The zero-order valence-corrected chi connectivity index (χ0v) is 9.55. The Morgan fingerprint density at radius 2 is 2.31 bits per heavy atom. The summed E-state index contributed by atoms with van der Waals surface area (Å²) < 4.78 is 3.10. The second kappa shape index (κ2) is 4.49. The first-order valence-electron chi connectivity index (χ1n) is 4.82. The zero-order valence-electron chi connectivity index (χ0n) is 8.80. The van der Waals surface area contributed by atoms with Crippen molar-refractivity contribution in [3.63, 3.8) is 0 Å². The molecule has 0 aliphatic heterocycles. The molecule has 0 fully saturated rings. The molecule has 0 atom stereocenters. The lowest BCUT2D eigenvalue weighted by Gasteiger charge is -2.00. The molecule has 2 aromatic heterocycles. The fourth-order valence-corrected chi connectivity index (χ4v) is 1.57. The van der Waals surface area contributed by atoms with Gasteiger partial charge in [-0.15, -0.1) is 11.6 Å². The minimum Gasteiger partial charge on any atom is -0.295 e. The molecule has 16 heavy (non-hydrogen) atoms. The highest BCUT2D eigenvalue weighted by atomic mass is 35.5. The first kappa shape index (κ1) is 10.9. The van der Waals surface area contributed by atoms with Gasteiger partial charge in [-0.25, -0.2) is 4.98 Å². The third-order valence-electron chi connectivity index (χ3n) is 2.28. The molecule has 0 unspecified atom stereocenters. The van der Waals surface area contributed by atoms with Gasteiger partial charge in [0.2, 0.25) is 0 Å². The maximum Gasteiger partial charge on any atom is 0.264 e. The van der Waals surface area contributed by atoms with Crippen molar-refractivity contribution in [3.8, 4) is 0 Å². The summed E-state index contributed by atoms with van der Waals surface area (Å²) >= 11 is 5.50. The highest BCUT2D eigenvalue weighted by Crippen LogP contribution is 2.02. The molecule has 0 aromatic carbocycles. The summed E-state index contributed by atoms with van der Waals surface area (Å²) in [6.45, 7) is 0.476. The molecule has 0 spiro atoms. The van der Waals surface area contributed by atoms with Crippen LogP contribution in [0.1, 0.15) is 0 Å². The molecule has 2 heterocycles. The summed E-state index contributed by atoms with van der Waals surface area (Å²) in [5.41, 5.74) is 0.514. The molecule has 0 saturated carbocycles. The molecule has 0 radical (unpaired) electrons. The molecule has 2 rings (SSSR count). The number of nitrogens with zero attached hydrogens (tertiary/aromatic N) is 4. The van der Waals surface area contributed by atoms with Crippen molar-refractivity contribution in [3.05, 3.63) is 35.0 Å². The average molecular weight is 239 g/mol. The van der Waals surface area contributed by atoms with E-state index < -0.39 is 0 Å². The fourth-order valence-electron chi connectivity index (χ4n) is 1.45. The smallest absolute Gasteiger partial charge is 0.264 e. The molecule has 0 aliphatic carbocycles. The van der Waals surface area contributed by atoms with Gasteiger partial charge in [0.15, 0.2) is 5.65 Å². The molecule has 0 bridgehead atoms. The van der Waals surface area contributed by atoms with Gasteiger partial charge in [0.25, 0.3) is 5.56 Å². The number of alkyl halides is 1. The highest BCUT2D eigenvalue weighted by Gasteiger charge is 2.06. The third-order valence-corrected chi connectivity index (χ3v) is 2.45. The van der Waals surface area contributed by atoms with Gasteiger partial charge in [0.1, 0.15) is 11.7 Å². The summed E-state index contributed by atoms with van der Waals surface area (Å²) in [5.74, 6) is 0.442. The second-order valence-corrected chi connectivity index (χ2v) is 3.64. The number of rotatable bonds is 3. The number of hydrogen-bond donors (Lipinski definition) is 0. The van der Waals surface area contributed by atoms with Gasteiger partial charge in [-0.3, -0.25) is 14.0 Å². The predicted molar refractivity (Wildman–Crippen MR) is 62.6 cm³/mol. The maximum atomic E-state index is 11.9. The van der Waals surface area contributed by atoms with Crippen molar-refractivity contribution in [2.45, 2.75) is 6.54 Å². The quantitative estimate of drug-likeness (QED) is 0.590. The molecule has 6 heteroatoms. The number of hydrogen-bond acceptors (Lipinski definition) is 3. The van der Waals surface area contributed by atoms with Crippen molar-refractivity contribution >= 4 is 22.6 Å². The number of fused-ring (bicyclic) bond motifs is 1. The molecule has 0 saturated heterocycles. The summed E-state index contributed by atoms with van der Waals surface area (Å²) in [4.78, 5) is 16.1. The van der Waals surface area contributed by atoms with Crippen molar-refractivity contribution in [1.29, 1.82) is 0 Å². The maximum absolute atomic E-state index is 11.9. The van der Waals surface area contributed by atoms with Gasteiger partial charge >= 0.3 is 0 Å². The standard InChI is InChI=1S/C10H11ClN4O/c1-14-9-8(6-13-14)10(16)15(7-12-9)5-3-2-4-11/h2-3,6-7H,4-5H2,1H3. The summed E-state index contributed by atoms with van der Waals surface area (Å²) in [6, 6.07) is 0. The van der Waals surface area contributed by atoms with Crippen LogP contribution in [-0.2, 0) is 13.6 Å². The van der Waals surface area contributed by atoms with Gasteiger partial charge in [0, 0.05) is 19.5 Å². The van der Waals surface area contributed by atoms with Crippen molar-refractivity contribution in [2.75, 3.05) is 5.88 Å². The Morgan fingerprint density at radius 1 is 1.50 bits per heavy atom. The van der Waals surface area contributed by atoms with Crippen LogP contribution < -0.4 is 5.56 Å². The number of allylic oxidation sites excluding steroid dienone is 2. The molecule has 0 aliphatic rings. The number of halogens is 1. The predicted octanol–water partition coefficient (Wildman–Crippen LogP) is 0.925. The van der Waals surface area contributed by atoms with E-state index in [-0.39, 0.29) is 5.56 Å². The van der Waals surface area contributed by atoms with Crippen molar-refractivity contribution < 1.29 is 0 Å². The SMILES string of the molecule is Cn1ncc2c(=O)n(CC=CCCl)cnc21. The Morgan fingerprint density at radius 3 is 3.06 bits per heavy atom. The van der Waals surface area contributed by atoms with Crippen molar-refractivity contribution in [2.24, 2.45) is 7.05 Å². The van der Waals surface area contributed by atoms with Crippen LogP contribution in [0.2, 0.25) is 0 Å². The van der Waals surface area contributed by atoms with Crippen LogP contribution in [0.25, 0.3) is 11.0 Å². The van der Waals surface area contributed by atoms with E-state index in [0.29, 0.717) is 23.5 Å². The van der Waals surface area contributed by atoms with Gasteiger partial charge in [-0.1, -0.05) is 12.2 Å². The lowest BCUT2D eigenvalue weighted by Crippen LogP contribution is -2.19. The molecule has 84 valence electrons. The van der Waals surface area contributed by atoms with Crippen LogP contribution in [0.3, 0.4) is 0 Å².